The molecule has 0 aromatic heterocycles. The molecule has 4 N–H and O–H groups in total. The minimum Gasteiger partial charge on any atom is -0.338 e. The monoisotopic (exact) mass is 262 g/mol. The molecule has 0 bridgehead atoms. The average Bonchev–Trinajstić information content (AvgIpc) is 2.96. The van der Waals surface area contributed by atoms with Crippen molar-refractivity contribution >= 4 is 6.03 Å². The molecule has 0 aliphatic carbocycles. The van der Waals surface area contributed by atoms with Crippen molar-refractivity contribution in [3.8, 4) is 0 Å². The van der Waals surface area contributed by atoms with Crippen molar-refractivity contribution in [3.05, 3.63) is 35.9 Å². The topological polar surface area (TPSA) is 65.2 Å². The predicted octanol–water partition coefficient (Wildman–Crippen LogP) is 0.785. The van der Waals surface area contributed by atoms with Gasteiger partial charge in [0.15, 0.2) is 0 Å². The molecule has 5 heteroatoms. The minimum absolute atomic E-state index is 0.0960. The highest BCUT2D eigenvalue weighted by atomic mass is 16.2. The van der Waals surface area contributed by atoms with Gasteiger partial charge in [-0.1, -0.05) is 30.3 Å². The molecule has 1 saturated heterocycles. The standard InChI is InChI=1S/C14H22N4O/c19-14(17-9-12-5-2-1-3-6-12)16-8-4-7-13-10-15-11-18-13/h1-3,5-6,13,15,18H,4,7-11H2,(H2,16,17,19)/t13-/m0/s1. The molecule has 5 nitrogen and oxygen atoms in total. The highest BCUT2D eigenvalue weighted by Gasteiger charge is 2.12. The molecule has 1 fully saturated rings. The fraction of sp³-hybridized carbons (Fsp3) is 0.500. The summed E-state index contributed by atoms with van der Waals surface area (Å²) < 4.78 is 0. The summed E-state index contributed by atoms with van der Waals surface area (Å²) in [6, 6.07) is 10.4. The molecule has 0 radical (unpaired) electrons. The Morgan fingerprint density at radius 1 is 1.26 bits per heavy atom. The van der Waals surface area contributed by atoms with Gasteiger partial charge in [0.1, 0.15) is 0 Å². The van der Waals surface area contributed by atoms with Crippen LogP contribution in [0.25, 0.3) is 0 Å². The first-order chi connectivity index (χ1) is 9.34. The molecule has 19 heavy (non-hydrogen) atoms. The summed E-state index contributed by atoms with van der Waals surface area (Å²) >= 11 is 0. The maximum Gasteiger partial charge on any atom is 0.315 e. The van der Waals surface area contributed by atoms with Gasteiger partial charge in [-0.15, -0.1) is 0 Å². The van der Waals surface area contributed by atoms with Crippen LogP contribution in [-0.2, 0) is 6.54 Å². The molecule has 0 unspecified atom stereocenters. The van der Waals surface area contributed by atoms with E-state index in [0.717, 1.165) is 38.2 Å². The van der Waals surface area contributed by atoms with Crippen LogP contribution < -0.4 is 21.3 Å². The maximum atomic E-state index is 11.6. The van der Waals surface area contributed by atoms with Crippen LogP contribution in [0, 0.1) is 0 Å². The first kappa shape index (κ1) is 13.8. The summed E-state index contributed by atoms with van der Waals surface area (Å²) in [4.78, 5) is 11.6. The van der Waals surface area contributed by atoms with Gasteiger partial charge in [-0.25, -0.2) is 4.79 Å². The number of urea groups is 1. The Kier molecular flexibility index (Phi) is 5.65. The van der Waals surface area contributed by atoms with Gasteiger partial charge in [0.05, 0.1) is 0 Å². The minimum atomic E-state index is -0.0960. The number of amides is 2. The lowest BCUT2D eigenvalue weighted by Gasteiger charge is -2.10. The summed E-state index contributed by atoms with van der Waals surface area (Å²) in [6.45, 7) is 3.22. The van der Waals surface area contributed by atoms with Crippen molar-refractivity contribution in [1.29, 1.82) is 0 Å². The van der Waals surface area contributed by atoms with Gasteiger partial charge in [0.25, 0.3) is 0 Å². The molecule has 2 amide bonds. The second-order valence-electron chi connectivity index (χ2n) is 4.77. The van der Waals surface area contributed by atoms with Crippen molar-refractivity contribution in [1.82, 2.24) is 21.3 Å². The zero-order chi connectivity index (χ0) is 13.3. The zero-order valence-corrected chi connectivity index (χ0v) is 11.1. The van der Waals surface area contributed by atoms with Gasteiger partial charge in [-0.2, -0.15) is 0 Å². The number of hydrogen-bond acceptors (Lipinski definition) is 3. The quantitative estimate of drug-likeness (QED) is 0.573. The van der Waals surface area contributed by atoms with Crippen molar-refractivity contribution in [2.45, 2.75) is 25.4 Å². The van der Waals surface area contributed by atoms with Gasteiger partial charge in [-0.3, -0.25) is 0 Å². The summed E-state index contributed by atoms with van der Waals surface area (Å²) in [5.41, 5.74) is 1.11. The predicted molar refractivity (Wildman–Crippen MR) is 75.7 cm³/mol. The van der Waals surface area contributed by atoms with Crippen LogP contribution in [0.2, 0.25) is 0 Å². The molecule has 1 heterocycles. The zero-order valence-electron chi connectivity index (χ0n) is 11.1. The van der Waals surface area contributed by atoms with E-state index >= 15 is 0 Å². The first-order valence-electron chi connectivity index (χ1n) is 6.84. The molecular weight excluding hydrogens is 240 g/mol. The fourth-order valence-corrected chi connectivity index (χ4v) is 2.13. The lowest BCUT2D eigenvalue weighted by Crippen LogP contribution is -2.36. The third-order valence-electron chi connectivity index (χ3n) is 3.22. The molecule has 1 aliphatic heterocycles. The van der Waals surface area contributed by atoms with E-state index in [1.807, 2.05) is 30.3 Å². The third-order valence-corrected chi connectivity index (χ3v) is 3.22. The van der Waals surface area contributed by atoms with E-state index in [1.165, 1.54) is 0 Å². The van der Waals surface area contributed by atoms with Gasteiger partial charge in [-0.05, 0) is 18.4 Å². The number of nitrogens with one attached hydrogen (secondary N) is 4. The lowest BCUT2D eigenvalue weighted by atomic mass is 10.2. The summed E-state index contributed by atoms with van der Waals surface area (Å²) in [5, 5.41) is 12.3. The third kappa shape index (κ3) is 5.28. The van der Waals surface area contributed by atoms with E-state index in [2.05, 4.69) is 21.3 Å². The van der Waals surface area contributed by atoms with Gasteiger partial charge in [0.2, 0.25) is 0 Å². The maximum absolute atomic E-state index is 11.6. The van der Waals surface area contributed by atoms with Crippen molar-refractivity contribution < 1.29 is 4.79 Å². The molecule has 0 saturated carbocycles. The van der Waals surface area contributed by atoms with Crippen LogP contribution in [0.15, 0.2) is 30.3 Å². The van der Waals surface area contributed by atoms with Crippen LogP contribution in [0.5, 0.6) is 0 Å². The van der Waals surface area contributed by atoms with E-state index in [0.29, 0.717) is 12.6 Å². The Morgan fingerprint density at radius 2 is 2.11 bits per heavy atom. The lowest BCUT2D eigenvalue weighted by molar-refractivity contribution is 0.240. The number of hydrogen-bond donors (Lipinski definition) is 4. The molecule has 1 atom stereocenters. The molecule has 104 valence electrons. The Labute approximate surface area is 114 Å². The Morgan fingerprint density at radius 3 is 2.84 bits per heavy atom. The number of carbonyl (C=O) groups excluding carboxylic acids is 1. The molecule has 2 rings (SSSR count). The summed E-state index contributed by atoms with van der Waals surface area (Å²) in [5.74, 6) is 0. The largest absolute Gasteiger partial charge is 0.338 e. The van der Waals surface area contributed by atoms with Crippen LogP contribution in [0.3, 0.4) is 0 Å². The van der Waals surface area contributed by atoms with Crippen LogP contribution in [0.4, 0.5) is 4.79 Å². The molecule has 1 aromatic rings. The van der Waals surface area contributed by atoms with Crippen molar-refractivity contribution in [2.75, 3.05) is 19.8 Å². The highest BCUT2D eigenvalue weighted by Crippen LogP contribution is 1.99. The van der Waals surface area contributed by atoms with E-state index in [9.17, 15) is 4.79 Å². The second-order valence-corrected chi connectivity index (χ2v) is 4.77. The van der Waals surface area contributed by atoms with Crippen LogP contribution >= 0.6 is 0 Å². The van der Waals surface area contributed by atoms with Crippen molar-refractivity contribution in [3.63, 3.8) is 0 Å². The second kappa shape index (κ2) is 7.76. The number of benzene rings is 1. The van der Waals surface area contributed by atoms with Crippen LogP contribution in [-0.4, -0.2) is 31.8 Å². The number of carbonyl (C=O) groups is 1. The molecule has 0 spiro atoms. The SMILES string of the molecule is O=C(NCCC[C@H]1CNCN1)NCc1ccccc1. The van der Waals surface area contributed by atoms with Gasteiger partial charge < -0.3 is 21.3 Å². The normalized spacial score (nSPS) is 18.2. The van der Waals surface area contributed by atoms with Gasteiger partial charge >= 0.3 is 6.03 Å². The Bertz CT molecular complexity index is 376. The van der Waals surface area contributed by atoms with E-state index in [-0.39, 0.29) is 6.03 Å². The van der Waals surface area contributed by atoms with E-state index in [1.54, 1.807) is 0 Å². The van der Waals surface area contributed by atoms with E-state index in [4.69, 9.17) is 0 Å². The Hall–Kier alpha value is -1.59. The van der Waals surface area contributed by atoms with Gasteiger partial charge in [0, 0.05) is 32.3 Å². The van der Waals surface area contributed by atoms with E-state index < -0.39 is 0 Å². The average molecular weight is 262 g/mol. The molecule has 1 aromatic carbocycles. The Balaban J connectivity index is 1.52. The first-order valence-corrected chi connectivity index (χ1v) is 6.84. The smallest absolute Gasteiger partial charge is 0.315 e. The van der Waals surface area contributed by atoms with Crippen LogP contribution in [0.1, 0.15) is 18.4 Å². The summed E-state index contributed by atoms with van der Waals surface area (Å²) in [7, 11) is 0. The molecular formula is C14H22N4O. The summed E-state index contributed by atoms with van der Waals surface area (Å²) in [6.07, 6.45) is 2.09. The highest BCUT2D eigenvalue weighted by molar-refractivity contribution is 5.73. The molecule has 1 aliphatic rings. The number of rotatable bonds is 6. The van der Waals surface area contributed by atoms with Crippen molar-refractivity contribution in [2.24, 2.45) is 0 Å². The fourth-order valence-electron chi connectivity index (χ4n) is 2.13.